The van der Waals surface area contributed by atoms with Crippen molar-refractivity contribution in [1.82, 2.24) is 0 Å². The van der Waals surface area contributed by atoms with Gasteiger partial charge in [-0.2, -0.15) is 0 Å². The van der Waals surface area contributed by atoms with Gasteiger partial charge in [0.05, 0.1) is 0 Å². The lowest BCUT2D eigenvalue weighted by atomic mass is 9.89. The highest BCUT2D eigenvalue weighted by atomic mass is 16.6. The van der Waals surface area contributed by atoms with Gasteiger partial charge in [0.25, 0.3) is 0 Å². The quantitative estimate of drug-likeness (QED) is 0.278. The Bertz CT molecular complexity index is 525. The van der Waals surface area contributed by atoms with Gasteiger partial charge in [0, 0.05) is 31.3 Å². The first-order valence-electron chi connectivity index (χ1n) is 11.5. The second kappa shape index (κ2) is 14.6. The minimum atomic E-state index is -0.754. The fourth-order valence-electron chi connectivity index (χ4n) is 3.61. The molecule has 0 bridgehead atoms. The lowest BCUT2D eigenvalue weighted by Gasteiger charge is -2.29. The van der Waals surface area contributed by atoms with Crippen LogP contribution in [0.3, 0.4) is 0 Å². The molecule has 0 aliphatic heterocycles. The average molecular weight is 427 g/mol. The number of ether oxygens (including phenoxy) is 2. The molecule has 6 nitrogen and oxygen atoms in total. The molecule has 6 atom stereocenters. The van der Waals surface area contributed by atoms with E-state index < -0.39 is 5.60 Å². The van der Waals surface area contributed by atoms with Gasteiger partial charge in [0.2, 0.25) is 0 Å². The van der Waals surface area contributed by atoms with Crippen molar-refractivity contribution >= 4 is 11.9 Å². The number of carbonyl (C=O) groups is 2. The first kappa shape index (κ1) is 28.6. The summed E-state index contributed by atoms with van der Waals surface area (Å²) in [6.45, 7) is 15.6. The summed E-state index contributed by atoms with van der Waals surface area (Å²) in [5.41, 5.74) is 11.2. The largest absolute Gasteiger partial charge is 0.463 e. The Hall–Kier alpha value is -1.40. The average Bonchev–Trinajstić information content (AvgIpc) is 2.66. The van der Waals surface area contributed by atoms with Gasteiger partial charge in [-0.05, 0) is 57.4 Å². The van der Waals surface area contributed by atoms with Gasteiger partial charge in [-0.15, -0.1) is 0 Å². The van der Waals surface area contributed by atoms with Crippen molar-refractivity contribution < 1.29 is 19.1 Å². The molecule has 0 rings (SSSR count). The highest BCUT2D eigenvalue weighted by molar-refractivity contribution is 5.71. The van der Waals surface area contributed by atoms with Gasteiger partial charge < -0.3 is 20.9 Å². The van der Waals surface area contributed by atoms with E-state index in [9.17, 15) is 9.59 Å². The number of carbonyl (C=O) groups excluding carboxylic acids is 2. The van der Waals surface area contributed by atoms with Crippen LogP contribution in [-0.4, -0.2) is 35.7 Å². The van der Waals surface area contributed by atoms with Gasteiger partial charge >= 0.3 is 11.9 Å². The zero-order valence-electron chi connectivity index (χ0n) is 20.1. The summed E-state index contributed by atoms with van der Waals surface area (Å²) in [6.07, 6.45) is 6.66. The lowest BCUT2D eigenvalue weighted by molar-refractivity contribution is -0.155. The van der Waals surface area contributed by atoms with E-state index in [4.69, 9.17) is 20.9 Å². The van der Waals surface area contributed by atoms with Gasteiger partial charge in [-0.3, -0.25) is 9.59 Å². The highest BCUT2D eigenvalue weighted by Gasteiger charge is 2.28. The number of esters is 2. The Kier molecular flexibility index (Phi) is 13.9. The van der Waals surface area contributed by atoms with Crippen LogP contribution in [0.5, 0.6) is 0 Å². The van der Waals surface area contributed by atoms with Crippen molar-refractivity contribution in [3.05, 3.63) is 12.7 Å². The molecule has 176 valence electrons. The maximum atomic E-state index is 12.5. The number of rotatable bonds is 16. The molecule has 6 heteroatoms. The molecule has 0 aliphatic carbocycles. The van der Waals surface area contributed by atoms with E-state index in [0.717, 1.165) is 25.7 Å². The zero-order chi connectivity index (χ0) is 23.3. The van der Waals surface area contributed by atoms with Crippen molar-refractivity contribution in [3.63, 3.8) is 0 Å². The number of hydrogen-bond acceptors (Lipinski definition) is 6. The summed E-state index contributed by atoms with van der Waals surface area (Å²) in [4.78, 5) is 24.7. The van der Waals surface area contributed by atoms with Crippen molar-refractivity contribution in [2.24, 2.45) is 23.3 Å². The minimum absolute atomic E-state index is 0.0389. The van der Waals surface area contributed by atoms with Crippen LogP contribution in [-0.2, 0) is 19.1 Å². The molecule has 4 N–H and O–H groups in total. The third-order valence-corrected chi connectivity index (χ3v) is 5.75. The predicted octanol–water partition coefficient (Wildman–Crippen LogP) is 4.49. The molecule has 0 saturated heterocycles. The molecule has 0 aromatic heterocycles. The van der Waals surface area contributed by atoms with E-state index in [2.05, 4.69) is 13.5 Å². The van der Waals surface area contributed by atoms with Crippen molar-refractivity contribution in [2.75, 3.05) is 0 Å². The number of hydrogen-bond donors (Lipinski definition) is 2. The Morgan fingerprint density at radius 2 is 1.57 bits per heavy atom. The van der Waals surface area contributed by atoms with E-state index in [1.165, 1.54) is 0 Å². The molecule has 0 aliphatic rings. The Morgan fingerprint density at radius 1 is 0.967 bits per heavy atom. The molecule has 0 radical (unpaired) electrons. The second-order valence-corrected chi connectivity index (χ2v) is 9.09. The Morgan fingerprint density at radius 3 is 2.07 bits per heavy atom. The van der Waals surface area contributed by atoms with E-state index in [1.54, 1.807) is 6.08 Å². The van der Waals surface area contributed by atoms with Gasteiger partial charge in [0.1, 0.15) is 11.7 Å². The van der Waals surface area contributed by atoms with Crippen LogP contribution in [0.4, 0.5) is 0 Å². The van der Waals surface area contributed by atoms with E-state index in [1.807, 2.05) is 34.6 Å². The molecule has 0 heterocycles. The van der Waals surface area contributed by atoms with Crippen LogP contribution >= 0.6 is 0 Å². The van der Waals surface area contributed by atoms with Crippen LogP contribution < -0.4 is 11.5 Å². The first-order chi connectivity index (χ1) is 14.0. The summed E-state index contributed by atoms with van der Waals surface area (Å²) >= 11 is 0. The predicted molar refractivity (Wildman–Crippen MR) is 123 cm³/mol. The molecule has 0 fully saturated rings. The molecule has 0 saturated carbocycles. The number of nitrogens with two attached hydrogens (primary N) is 2. The summed E-state index contributed by atoms with van der Waals surface area (Å²) in [7, 11) is 0. The molecule has 0 spiro atoms. The molecular formula is C24H46N2O4. The van der Waals surface area contributed by atoms with Crippen LogP contribution in [0.15, 0.2) is 12.7 Å². The summed E-state index contributed by atoms with van der Waals surface area (Å²) < 4.78 is 11.2. The molecule has 30 heavy (non-hydrogen) atoms. The van der Waals surface area contributed by atoms with Crippen LogP contribution in [0, 0.1) is 11.8 Å². The molecule has 0 amide bonds. The van der Waals surface area contributed by atoms with Crippen molar-refractivity contribution in [3.8, 4) is 0 Å². The maximum absolute atomic E-state index is 12.5. The fraction of sp³-hybridized carbons (Fsp3) is 0.833. The third kappa shape index (κ3) is 12.3. The first-order valence-corrected chi connectivity index (χ1v) is 11.5. The smallest absolute Gasteiger partial charge is 0.306 e. The standard InChI is InChI=1S/C24H46N2O4/c1-8-19(15-22(27)29-18(6)14-20(25)9-2)12-17(5)13-23(28)30-24(7,11-4)16-21(26)10-3/h11,17-21H,4,8-10,12-16,25-26H2,1-3,5-7H3. The Balaban J connectivity index is 4.56. The monoisotopic (exact) mass is 426 g/mol. The third-order valence-electron chi connectivity index (χ3n) is 5.75. The topological polar surface area (TPSA) is 105 Å². The van der Waals surface area contributed by atoms with Crippen LogP contribution in [0.1, 0.15) is 92.9 Å². The normalized spacial score (nSPS) is 18.4. The van der Waals surface area contributed by atoms with E-state index in [0.29, 0.717) is 25.7 Å². The zero-order valence-corrected chi connectivity index (χ0v) is 20.1. The summed E-state index contributed by atoms with van der Waals surface area (Å²) in [6, 6.07) is 0.0110. The molecular weight excluding hydrogens is 380 g/mol. The molecule has 0 aromatic carbocycles. The lowest BCUT2D eigenvalue weighted by Crippen LogP contribution is -2.37. The highest BCUT2D eigenvalue weighted by Crippen LogP contribution is 2.25. The van der Waals surface area contributed by atoms with Gasteiger partial charge in [0.15, 0.2) is 0 Å². The SMILES string of the molecule is C=CC(C)(CC(N)CC)OC(=O)CC(C)CC(CC)CC(=O)OC(C)CC(N)CC. The molecule has 0 aromatic rings. The maximum Gasteiger partial charge on any atom is 0.306 e. The fourth-order valence-corrected chi connectivity index (χ4v) is 3.61. The van der Waals surface area contributed by atoms with E-state index >= 15 is 0 Å². The summed E-state index contributed by atoms with van der Waals surface area (Å²) in [5, 5.41) is 0. The molecule has 6 unspecified atom stereocenters. The van der Waals surface area contributed by atoms with Crippen LogP contribution in [0.25, 0.3) is 0 Å². The van der Waals surface area contributed by atoms with Crippen molar-refractivity contribution in [1.29, 1.82) is 0 Å². The Labute approximate surface area is 184 Å². The van der Waals surface area contributed by atoms with Crippen LogP contribution in [0.2, 0.25) is 0 Å². The second-order valence-electron chi connectivity index (χ2n) is 9.09. The van der Waals surface area contributed by atoms with Gasteiger partial charge in [-0.25, -0.2) is 0 Å². The minimum Gasteiger partial charge on any atom is -0.463 e. The van der Waals surface area contributed by atoms with Crippen molar-refractivity contribution in [2.45, 2.75) is 117 Å². The van der Waals surface area contributed by atoms with Gasteiger partial charge in [-0.1, -0.05) is 40.7 Å². The van der Waals surface area contributed by atoms with E-state index in [-0.39, 0.29) is 42.0 Å². The summed E-state index contributed by atoms with van der Waals surface area (Å²) in [5.74, 6) is -0.172.